The number of aliphatic hydroxyl groups is 1. The average molecular weight is 394 g/mol. The molecule has 0 saturated heterocycles. The second kappa shape index (κ2) is 9.83. The van der Waals surface area contributed by atoms with Gasteiger partial charge in [-0.05, 0) is 48.7 Å². The van der Waals surface area contributed by atoms with Crippen molar-refractivity contribution in [2.24, 2.45) is 0 Å². The third kappa shape index (κ3) is 5.06. The van der Waals surface area contributed by atoms with Crippen LogP contribution in [0, 0.1) is 0 Å². The number of nitrogens with zero attached hydrogens (tertiary/aromatic N) is 1. The lowest BCUT2D eigenvalue weighted by Gasteiger charge is -2.36. The summed E-state index contributed by atoms with van der Waals surface area (Å²) in [6.07, 6.45) is 0.381. The van der Waals surface area contributed by atoms with Crippen LogP contribution in [0.5, 0.6) is 17.2 Å². The third-order valence-corrected chi connectivity index (χ3v) is 4.94. The molecule has 0 spiro atoms. The molecule has 2 atom stereocenters. The quantitative estimate of drug-likeness (QED) is 0.780. The molecule has 2 aromatic carbocycles. The Morgan fingerprint density at radius 2 is 1.78 bits per heavy atom. The maximum absolute atomic E-state index is 10.4. The number of para-hydroxylation sites is 1. The molecule has 0 aliphatic carbocycles. The lowest BCUT2D eigenvalue weighted by atomic mass is 9.92. The maximum atomic E-state index is 10.4. The van der Waals surface area contributed by atoms with Crippen molar-refractivity contribution in [2.75, 3.05) is 33.9 Å². The molecule has 5 nitrogen and oxygen atoms in total. The van der Waals surface area contributed by atoms with Gasteiger partial charge in [0.25, 0.3) is 0 Å². The Morgan fingerprint density at radius 1 is 1.11 bits per heavy atom. The molecule has 6 heteroatoms. The summed E-state index contributed by atoms with van der Waals surface area (Å²) in [6.45, 7) is 3.91. The van der Waals surface area contributed by atoms with E-state index in [1.807, 2.05) is 30.3 Å². The number of benzene rings is 2. The molecule has 0 amide bonds. The molecule has 0 bridgehead atoms. The fourth-order valence-electron chi connectivity index (χ4n) is 3.48. The van der Waals surface area contributed by atoms with Gasteiger partial charge in [0, 0.05) is 19.1 Å². The van der Waals surface area contributed by atoms with E-state index in [0.717, 1.165) is 30.2 Å². The van der Waals surface area contributed by atoms with E-state index in [9.17, 15) is 5.11 Å². The number of fused-ring (bicyclic) bond motifs is 1. The Bertz CT molecular complexity index is 726. The predicted molar refractivity (Wildman–Crippen MR) is 108 cm³/mol. The van der Waals surface area contributed by atoms with E-state index < -0.39 is 6.10 Å². The SMILES string of the molecule is COc1cc2c(cc1OC)C(C)N(CC(O)COc1ccccc1)CC2.Cl. The number of aliphatic hydroxyl groups excluding tert-OH is 1. The van der Waals surface area contributed by atoms with Crippen molar-refractivity contribution in [1.29, 1.82) is 0 Å². The number of halogens is 1. The zero-order chi connectivity index (χ0) is 18.5. The standard InChI is InChI=1S/C21H27NO4.ClH/c1-15-19-12-21(25-3)20(24-2)11-16(19)9-10-22(15)13-17(23)14-26-18-7-5-4-6-8-18;/h4-8,11-12,15,17,23H,9-10,13-14H2,1-3H3;1H. The van der Waals surface area contributed by atoms with Crippen LogP contribution in [0.25, 0.3) is 0 Å². The fourth-order valence-corrected chi connectivity index (χ4v) is 3.48. The largest absolute Gasteiger partial charge is 0.493 e. The van der Waals surface area contributed by atoms with Crippen LogP contribution in [0.3, 0.4) is 0 Å². The first-order valence-corrected chi connectivity index (χ1v) is 8.97. The molecule has 0 radical (unpaired) electrons. The summed E-state index contributed by atoms with van der Waals surface area (Å²) in [5.41, 5.74) is 2.51. The molecule has 1 N–H and O–H groups in total. The first-order chi connectivity index (χ1) is 12.6. The second-order valence-corrected chi connectivity index (χ2v) is 6.60. The van der Waals surface area contributed by atoms with Crippen molar-refractivity contribution < 1.29 is 19.3 Å². The van der Waals surface area contributed by atoms with Crippen molar-refractivity contribution in [3.8, 4) is 17.2 Å². The zero-order valence-electron chi connectivity index (χ0n) is 16.1. The summed E-state index contributed by atoms with van der Waals surface area (Å²) < 4.78 is 16.5. The van der Waals surface area contributed by atoms with Gasteiger partial charge in [-0.2, -0.15) is 0 Å². The van der Waals surface area contributed by atoms with E-state index in [2.05, 4.69) is 24.0 Å². The molecule has 1 aliphatic rings. The number of methoxy groups -OCH3 is 2. The van der Waals surface area contributed by atoms with Gasteiger partial charge in [-0.3, -0.25) is 4.90 Å². The molecule has 2 aromatic rings. The lowest BCUT2D eigenvalue weighted by Crippen LogP contribution is -2.41. The van der Waals surface area contributed by atoms with E-state index in [4.69, 9.17) is 14.2 Å². The molecule has 0 aromatic heterocycles. The van der Waals surface area contributed by atoms with Crippen LogP contribution in [0.1, 0.15) is 24.1 Å². The summed E-state index contributed by atoms with van der Waals surface area (Å²) >= 11 is 0. The van der Waals surface area contributed by atoms with Gasteiger partial charge in [-0.15, -0.1) is 12.4 Å². The van der Waals surface area contributed by atoms with Gasteiger partial charge < -0.3 is 19.3 Å². The van der Waals surface area contributed by atoms with Gasteiger partial charge in [0.2, 0.25) is 0 Å². The maximum Gasteiger partial charge on any atom is 0.161 e. The second-order valence-electron chi connectivity index (χ2n) is 6.60. The normalized spacial score (nSPS) is 17.4. The predicted octanol–water partition coefficient (Wildman–Crippen LogP) is 3.48. The monoisotopic (exact) mass is 393 g/mol. The number of hydrogen-bond donors (Lipinski definition) is 1. The highest BCUT2D eigenvalue weighted by atomic mass is 35.5. The van der Waals surface area contributed by atoms with Crippen LogP contribution in [-0.2, 0) is 6.42 Å². The van der Waals surface area contributed by atoms with Crippen LogP contribution in [-0.4, -0.2) is 50.0 Å². The third-order valence-electron chi connectivity index (χ3n) is 4.94. The topological polar surface area (TPSA) is 51.2 Å². The number of hydrogen-bond acceptors (Lipinski definition) is 5. The molecule has 27 heavy (non-hydrogen) atoms. The van der Waals surface area contributed by atoms with Crippen LogP contribution in [0.15, 0.2) is 42.5 Å². The van der Waals surface area contributed by atoms with Gasteiger partial charge in [-0.25, -0.2) is 0 Å². The number of ether oxygens (including phenoxy) is 3. The molecule has 1 heterocycles. The van der Waals surface area contributed by atoms with Crippen molar-refractivity contribution in [1.82, 2.24) is 4.90 Å². The van der Waals surface area contributed by atoms with E-state index in [0.29, 0.717) is 6.54 Å². The molecule has 148 valence electrons. The smallest absolute Gasteiger partial charge is 0.161 e. The Kier molecular flexibility index (Phi) is 7.78. The van der Waals surface area contributed by atoms with E-state index in [1.165, 1.54) is 11.1 Å². The first kappa shape index (κ1) is 21.4. The van der Waals surface area contributed by atoms with Gasteiger partial charge >= 0.3 is 0 Å². The summed E-state index contributed by atoms with van der Waals surface area (Å²) in [5, 5.41) is 10.4. The molecular formula is C21H28ClNO4. The van der Waals surface area contributed by atoms with Crippen molar-refractivity contribution in [3.63, 3.8) is 0 Å². The minimum Gasteiger partial charge on any atom is -0.493 e. The molecule has 0 saturated carbocycles. The number of rotatable bonds is 7. The fraction of sp³-hybridized carbons (Fsp3) is 0.429. The highest BCUT2D eigenvalue weighted by Crippen LogP contribution is 2.37. The molecule has 1 aliphatic heterocycles. The lowest BCUT2D eigenvalue weighted by molar-refractivity contribution is 0.0517. The van der Waals surface area contributed by atoms with E-state index in [-0.39, 0.29) is 25.1 Å². The summed E-state index contributed by atoms with van der Waals surface area (Å²) in [6, 6.07) is 13.9. The van der Waals surface area contributed by atoms with Gasteiger partial charge in [0.05, 0.1) is 14.2 Å². The van der Waals surface area contributed by atoms with E-state index in [1.54, 1.807) is 14.2 Å². The molecule has 3 rings (SSSR count). The highest BCUT2D eigenvalue weighted by molar-refractivity contribution is 5.85. The minimum atomic E-state index is -0.542. The van der Waals surface area contributed by atoms with Crippen molar-refractivity contribution >= 4 is 12.4 Å². The van der Waals surface area contributed by atoms with Gasteiger partial charge in [0.15, 0.2) is 11.5 Å². The van der Waals surface area contributed by atoms with Crippen LogP contribution in [0.2, 0.25) is 0 Å². The average Bonchev–Trinajstić information content (AvgIpc) is 2.68. The van der Waals surface area contributed by atoms with Crippen LogP contribution in [0.4, 0.5) is 0 Å². The zero-order valence-corrected chi connectivity index (χ0v) is 16.9. The molecule has 2 unspecified atom stereocenters. The highest BCUT2D eigenvalue weighted by Gasteiger charge is 2.27. The van der Waals surface area contributed by atoms with E-state index >= 15 is 0 Å². The Balaban J connectivity index is 0.00000261. The summed E-state index contributed by atoms with van der Waals surface area (Å²) in [4.78, 5) is 2.28. The van der Waals surface area contributed by atoms with Gasteiger partial charge in [0.1, 0.15) is 18.5 Å². The Morgan fingerprint density at radius 3 is 2.44 bits per heavy atom. The van der Waals surface area contributed by atoms with Crippen molar-refractivity contribution in [3.05, 3.63) is 53.6 Å². The number of β-amino-alcohol motifs (C(OH)–C–C–N with tert-alkyl or cyclic N) is 1. The van der Waals surface area contributed by atoms with Crippen LogP contribution < -0.4 is 14.2 Å². The Hall–Kier alpha value is -1.95. The van der Waals surface area contributed by atoms with Crippen molar-refractivity contribution in [2.45, 2.75) is 25.5 Å². The molecule has 0 fully saturated rings. The van der Waals surface area contributed by atoms with Gasteiger partial charge in [-0.1, -0.05) is 18.2 Å². The Labute approximate surface area is 167 Å². The summed E-state index contributed by atoms with van der Waals surface area (Å²) in [7, 11) is 3.31. The van der Waals surface area contributed by atoms with Crippen LogP contribution >= 0.6 is 12.4 Å². The first-order valence-electron chi connectivity index (χ1n) is 8.97. The summed E-state index contributed by atoms with van der Waals surface area (Å²) in [5.74, 6) is 2.29. The molecular weight excluding hydrogens is 366 g/mol. The minimum absolute atomic E-state index is 0.